The Hall–Kier alpha value is -3.21. The van der Waals surface area contributed by atoms with Gasteiger partial charge in [0.05, 0.1) is 10.0 Å². The summed E-state index contributed by atoms with van der Waals surface area (Å²) < 4.78 is 23.1. The minimum atomic E-state index is -2.24. The molecule has 0 saturated carbocycles. The van der Waals surface area contributed by atoms with Crippen LogP contribution in [-0.2, 0) is 14.2 Å². The van der Waals surface area contributed by atoms with E-state index in [4.69, 9.17) is 14.2 Å². The van der Waals surface area contributed by atoms with Gasteiger partial charge in [0.15, 0.2) is 5.78 Å². The first-order valence-corrected chi connectivity index (χ1v) is 30.1. The third-order valence-electron chi connectivity index (χ3n) is 10.0. The number of rotatable bonds is 15. The van der Waals surface area contributed by atoms with Gasteiger partial charge in [-0.15, -0.1) is 0 Å². The summed E-state index contributed by atoms with van der Waals surface area (Å²) >= 11 is 1.07. The number of ketones is 1. The van der Waals surface area contributed by atoms with Crippen LogP contribution in [0.2, 0.25) is 13.3 Å². The summed E-state index contributed by atoms with van der Waals surface area (Å²) in [7, 11) is 0. The minimum absolute atomic E-state index is 0. The van der Waals surface area contributed by atoms with E-state index in [1.54, 1.807) is 22.2 Å². The Morgan fingerprint density at radius 2 is 0.984 bits per heavy atom. The van der Waals surface area contributed by atoms with Crippen LogP contribution >= 0.6 is 15.9 Å². The molecule has 16 heteroatoms. The molecule has 2 aromatic rings. The molecule has 2 aliphatic heterocycles. The van der Waals surface area contributed by atoms with Gasteiger partial charge in [0.1, 0.15) is 11.2 Å². The minimum Gasteiger partial charge on any atom is -0.444 e. The van der Waals surface area contributed by atoms with Crippen molar-refractivity contribution in [1.82, 2.24) is 29.7 Å². The number of anilines is 2. The van der Waals surface area contributed by atoms with E-state index in [9.17, 15) is 14.4 Å². The first-order valence-electron chi connectivity index (χ1n) is 21.9. The number of unbranched alkanes of at least 4 members (excludes halogenated alkanes) is 3. The predicted octanol–water partition coefficient (Wildman–Crippen LogP) is 11.2. The number of nitrogens with zero attached hydrogens (tertiary/aromatic N) is 8. The maximum Gasteiger partial charge on any atom is 0.410 e. The fourth-order valence-electron chi connectivity index (χ4n) is 6.63. The predicted molar refractivity (Wildman–Crippen MR) is 261 cm³/mol. The molecule has 354 valence electrons. The smallest absolute Gasteiger partial charge is 0.410 e. The fourth-order valence-corrected chi connectivity index (χ4v) is 21.5. The Morgan fingerprint density at radius 1 is 0.645 bits per heavy atom. The molecule has 0 bridgehead atoms. The molecule has 2 amide bonds. The van der Waals surface area contributed by atoms with E-state index in [-0.39, 0.29) is 32.8 Å². The molecule has 62 heavy (non-hydrogen) atoms. The summed E-state index contributed by atoms with van der Waals surface area (Å²) in [5, 5.41) is 0. The Balaban J connectivity index is 0.000000891. The van der Waals surface area contributed by atoms with E-state index >= 15 is 0 Å². The van der Waals surface area contributed by atoms with Crippen LogP contribution in [0.3, 0.4) is 0 Å². The number of ether oxygens (including phenoxy) is 3. The molecule has 0 aromatic carbocycles. The van der Waals surface area contributed by atoms with Gasteiger partial charge in [-0.2, -0.15) is 0 Å². The molecule has 2 aromatic heterocycles. The Bertz CT molecular complexity index is 1570. The maximum absolute atomic E-state index is 12.0. The quantitative estimate of drug-likeness (QED) is 0.0951. The van der Waals surface area contributed by atoms with E-state index in [1.165, 1.54) is 74.9 Å². The third-order valence-corrected chi connectivity index (χ3v) is 25.4. The van der Waals surface area contributed by atoms with Crippen LogP contribution < -0.4 is 9.80 Å². The second-order valence-electron chi connectivity index (χ2n) is 17.4. The van der Waals surface area contributed by atoms with Crippen LogP contribution in [0.1, 0.15) is 140 Å². The van der Waals surface area contributed by atoms with Gasteiger partial charge in [-0.3, -0.25) is 4.79 Å². The monoisotopic (exact) mass is 1040 g/mol. The van der Waals surface area contributed by atoms with E-state index in [0.29, 0.717) is 69.8 Å². The second-order valence-corrected chi connectivity index (χ2v) is 31.5. The zero-order chi connectivity index (χ0) is 44.9. The number of hydrogen-bond donors (Lipinski definition) is 0. The first kappa shape index (κ1) is 58.8. The molecule has 4 rings (SSSR count). The average Bonchev–Trinajstić information content (AvgIpc) is 3.20. The van der Waals surface area contributed by atoms with Crippen molar-refractivity contribution in [3.05, 3.63) is 45.2 Å². The van der Waals surface area contributed by atoms with Gasteiger partial charge in [0.2, 0.25) is 11.9 Å². The topological polar surface area (TPSA) is 143 Å². The molecular formula is C46H83BrN8O6Sn. The number of carbonyl (C=O) groups is 3. The van der Waals surface area contributed by atoms with Crippen LogP contribution in [0.25, 0.3) is 0 Å². The van der Waals surface area contributed by atoms with Gasteiger partial charge >= 0.3 is 132 Å². The Kier molecular flexibility index (Phi) is 27.8. The number of halogens is 1. The molecule has 2 aliphatic rings. The van der Waals surface area contributed by atoms with Crippen molar-refractivity contribution in [2.45, 2.75) is 154 Å². The molecule has 0 aliphatic carbocycles. The largest absolute Gasteiger partial charge is 0.444 e. The zero-order valence-electron chi connectivity index (χ0n) is 38.6. The number of hydrogen-bond acceptors (Lipinski definition) is 12. The normalized spacial score (nSPS) is 14.1. The van der Waals surface area contributed by atoms with Crippen molar-refractivity contribution in [1.29, 1.82) is 0 Å². The van der Waals surface area contributed by atoms with Gasteiger partial charge in [0, 0.05) is 77.1 Å². The number of carbonyl (C=O) groups excluding carboxylic acids is 3. The Labute approximate surface area is 388 Å². The van der Waals surface area contributed by atoms with Crippen molar-refractivity contribution in [3.63, 3.8) is 0 Å². The number of Topliss-reactive ketones (excluding diaryl/α,β-unsaturated/α-hetero) is 1. The van der Waals surface area contributed by atoms with Gasteiger partial charge in [-0.1, -0.05) is 14.9 Å². The number of aromatic nitrogens is 4. The van der Waals surface area contributed by atoms with Gasteiger partial charge in [-0.05, 0) is 64.4 Å². The molecule has 2 fully saturated rings. The molecule has 4 heterocycles. The summed E-state index contributed by atoms with van der Waals surface area (Å²) in [5.74, 6) is 1.21. The van der Waals surface area contributed by atoms with Crippen LogP contribution in [0.4, 0.5) is 21.5 Å². The standard InChI is InChI=1S/C15H22N4O3.C13H19BrN4O2.C4H7O.3C4H9.2CH4.Sn/c1-11(20)12-9-16-13(17-10-12)18-5-7-19(8-6-18)14(21)22-15(2,3)4;1-13(2,3)20-12(19)18-6-4-17(5-7-18)11-15-8-10(14)9-16-11;1-3-5-4-2;3*1-3-4-2;;;/h9-10H,5-8H2,1-4H3;8-9H,4-7H2,1-3H3;1,4H2,2H3;3*1,3-4H2,2H3;2*1H4;. The van der Waals surface area contributed by atoms with E-state index in [0.717, 1.165) is 11.1 Å². The Morgan fingerprint density at radius 3 is 1.27 bits per heavy atom. The van der Waals surface area contributed by atoms with Crippen molar-refractivity contribution < 1.29 is 28.6 Å². The second kappa shape index (κ2) is 29.3. The SMILES string of the molecule is C.C.C=[C](OCC)[Sn]([CH2]CCC)([CH2]CCC)[CH2]CCC.CC(=O)c1cnc(N2CCN(C(=O)OC(C)(C)C)CC2)nc1.CC(C)(C)OC(=O)N1CCN(c2ncc(Br)cn2)CC1. The summed E-state index contributed by atoms with van der Waals surface area (Å²) in [4.78, 5) is 59.6. The van der Waals surface area contributed by atoms with Crippen LogP contribution in [0.5, 0.6) is 0 Å². The molecule has 0 unspecified atom stereocenters. The molecule has 0 N–H and O–H groups in total. The molecule has 0 radical (unpaired) electrons. The first-order chi connectivity index (χ1) is 28.3. The molecule has 14 nitrogen and oxygen atoms in total. The molecule has 0 spiro atoms. The summed E-state index contributed by atoms with van der Waals surface area (Å²) in [6.45, 7) is 31.9. The summed E-state index contributed by atoms with van der Waals surface area (Å²) in [6, 6.07) is 0. The van der Waals surface area contributed by atoms with Crippen molar-refractivity contribution in [2.24, 2.45) is 0 Å². The van der Waals surface area contributed by atoms with Crippen molar-refractivity contribution >= 4 is 64.2 Å². The molecule has 2 saturated heterocycles. The van der Waals surface area contributed by atoms with Gasteiger partial charge < -0.3 is 29.1 Å². The van der Waals surface area contributed by atoms with Crippen LogP contribution in [0.15, 0.2) is 39.6 Å². The molecule has 0 atom stereocenters. The van der Waals surface area contributed by atoms with Gasteiger partial charge in [-0.25, -0.2) is 29.5 Å². The van der Waals surface area contributed by atoms with Gasteiger partial charge in [0.25, 0.3) is 0 Å². The third kappa shape index (κ3) is 21.4. The molecular weight excluding hydrogens is 959 g/mol. The summed E-state index contributed by atoms with van der Waals surface area (Å²) in [6.07, 6.45) is 14.1. The van der Waals surface area contributed by atoms with Crippen LogP contribution in [0, 0.1) is 0 Å². The van der Waals surface area contributed by atoms with Crippen LogP contribution in [-0.4, -0.2) is 136 Å². The van der Waals surface area contributed by atoms with Crippen molar-refractivity contribution in [3.8, 4) is 0 Å². The zero-order valence-corrected chi connectivity index (χ0v) is 43.1. The van der Waals surface area contributed by atoms with Crippen molar-refractivity contribution in [2.75, 3.05) is 68.8 Å². The summed E-state index contributed by atoms with van der Waals surface area (Å²) in [5.41, 5.74) is -0.445. The fraction of sp³-hybridized carbons (Fsp3) is 0.717. The van der Waals surface area contributed by atoms with E-state index in [2.05, 4.69) is 75.0 Å². The number of piperazine rings is 2. The van der Waals surface area contributed by atoms with E-state index in [1.807, 2.05) is 46.4 Å². The average molecular weight is 1040 g/mol. The van der Waals surface area contributed by atoms with E-state index < -0.39 is 29.6 Å². The number of amides is 2. The maximum atomic E-state index is 12.0.